The lowest BCUT2D eigenvalue weighted by Gasteiger charge is -2.30. The molecule has 1 N–H and O–H groups in total. The first kappa shape index (κ1) is 13.4. The average molecular weight is 282 g/mol. The van der Waals surface area contributed by atoms with Crippen molar-refractivity contribution < 1.29 is 4.39 Å². The smallest absolute Gasteiger partial charge is 0.123 e. The van der Waals surface area contributed by atoms with E-state index in [0.29, 0.717) is 10.4 Å². The summed E-state index contributed by atoms with van der Waals surface area (Å²) in [6.07, 6.45) is 8.59. The van der Waals surface area contributed by atoms with E-state index in [0.717, 1.165) is 24.6 Å². The van der Waals surface area contributed by atoms with Gasteiger partial charge in [0.25, 0.3) is 0 Å². The second-order valence-corrected chi connectivity index (χ2v) is 6.68. The number of hydrogen-bond donors (Lipinski definition) is 1. The molecule has 0 radical (unpaired) electrons. The number of benzene rings is 1. The standard InChI is InChI=1S/C16H21ClFN/c17-15-6-3-13(18)9-12(15)10-16(7-1-2-8-16)11-19-14-4-5-14/h3,6,9,14,19H,1-2,4-5,7-8,10-11H2. The van der Waals surface area contributed by atoms with Crippen LogP contribution in [0.5, 0.6) is 0 Å². The molecular formula is C16H21ClFN. The van der Waals surface area contributed by atoms with Crippen molar-refractivity contribution in [3.8, 4) is 0 Å². The van der Waals surface area contributed by atoms with Crippen molar-refractivity contribution >= 4 is 11.6 Å². The fourth-order valence-electron chi connectivity index (χ4n) is 3.27. The zero-order chi connectivity index (χ0) is 13.3. The zero-order valence-electron chi connectivity index (χ0n) is 11.2. The van der Waals surface area contributed by atoms with Crippen molar-refractivity contribution in [1.82, 2.24) is 5.32 Å². The monoisotopic (exact) mass is 281 g/mol. The minimum atomic E-state index is -0.178. The lowest BCUT2D eigenvalue weighted by Crippen LogP contribution is -2.35. The predicted octanol–water partition coefficient (Wildman–Crippen LogP) is 4.33. The highest BCUT2D eigenvalue weighted by Gasteiger charge is 2.36. The first-order valence-electron chi connectivity index (χ1n) is 7.34. The van der Waals surface area contributed by atoms with Gasteiger partial charge >= 0.3 is 0 Å². The van der Waals surface area contributed by atoms with Crippen LogP contribution >= 0.6 is 11.6 Å². The summed E-state index contributed by atoms with van der Waals surface area (Å²) in [6, 6.07) is 5.47. The normalized spacial score (nSPS) is 21.8. The summed E-state index contributed by atoms with van der Waals surface area (Å²) in [7, 11) is 0. The molecule has 0 saturated heterocycles. The summed E-state index contributed by atoms with van der Waals surface area (Å²) >= 11 is 6.22. The Morgan fingerprint density at radius 1 is 1.26 bits per heavy atom. The fourth-order valence-corrected chi connectivity index (χ4v) is 3.46. The molecule has 0 atom stereocenters. The van der Waals surface area contributed by atoms with Gasteiger partial charge in [0.2, 0.25) is 0 Å². The summed E-state index contributed by atoms with van der Waals surface area (Å²) in [5.74, 6) is -0.178. The lowest BCUT2D eigenvalue weighted by molar-refractivity contribution is 0.276. The molecule has 0 unspecified atom stereocenters. The van der Waals surface area contributed by atoms with E-state index < -0.39 is 0 Å². The Balaban J connectivity index is 1.74. The van der Waals surface area contributed by atoms with Crippen LogP contribution in [0.25, 0.3) is 0 Å². The van der Waals surface area contributed by atoms with Crippen molar-refractivity contribution in [3.05, 3.63) is 34.6 Å². The Morgan fingerprint density at radius 3 is 2.68 bits per heavy atom. The number of halogens is 2. The molecule has 0 bridgehead atoms. The van der Waals surface area contributed by atoms with Gasteiger partial charge in [-0.3, -0.25) is 0 Å². The molecule has 3 rings (SSSR count). The molecule has 1 aromatic rings. The second kappa shape index (κ2) is 5.41. The van der Waals surface area contributed by atoms with Crippen molar-refractivity contribution in [2.24, 2.45) is 5.41 Å². The van der Waals surface area contributed by atoms with Gasteiger partial charge < -0.3 is 5.32 Å². The number of rotatable bonds is 5. The summed E-state index contributed by atoms with van der Waals surface area (Å²) in [5.41, 5.74) is 1.26. The van der Waals surface area contributed by atoms with Gasteiger partial charge in [-0.1, -0.05) is 24.4 Å². The Hall–Kier alpha value is -0.600. The van der Waals surface area contributed by atoms with Crippen LogP contribution in [0.4, 0.5) is 4.39 Å². The number of hydrogen-bond acceptors (Lipinski definition) is 1. The molecule has 0 aromatic heterocycles. The Bertz CT molecular complexity index is 450. The summed E-state index contributed by atoms with van der Waals surface area (Å²) in [4.78, 5) is 0. The van der Waals surface area contributed by atoms with Crippen molar-refractivity contribution in [2.45, 2.75) is 51.0 Å². The van der Waals surface area contributed by atoms with Crippen LogP contribution in [0.15, 0.2) is 18.2 Å². The van der Waals surface area contributed by atoms with Gasteiger partial charge in [0.15, 0.2) is 0 Å². The lowest BCUT2D eigenvalue weighted by atomic mass is 9.80. The summed E-state index contributed by atoms with van der Waals surface area (Å²) in [6.45, 7) is 1.06. The molecule has 0 amide bonds. The van der Waals surface area contributed by atoms with Gasteiger partial charge in [-0.05, 0) is 61.3 Å². The van der Waals surface area contributed by atoms with Crippen LogP contribution in [0.2, 0.25) is 5.02 Å². The first-order valence-corrected chi connectivity index (χ1v) is 7.72. The average Bonchev–Trinajstić information content (AvgIpc) is 3.12. The highest BCUT2D eigenvalue weighted by Crippen LogP contribution is 2.42. The van der Waals surface area contributed by atoms with Crippen LogP contribution in [0.1, 0.15) is 44.1 Å². The van der Waals surface area contributed by atoms with E-state index in [-0.39, 0.29) is 5.82 Å². The van der Waals surface area contributed by atoms with Gasteiger partial charge in [0.1, 0.15) is 5.82 Å². The molecule has 0 heterocycles. The molecule has 1 nitrogen and oxygen atoms in total. The minimum absolute atomic E-state index is 0.178. The maximum atomic E-state index is 13.4. The molecule has 1 aromatic carbocycles. The Labute approximate surface area is 119 Å². The topological polar surface area (TPSA) is 12.0 Å². The van der Waals surface area contributed by atoms with E-state index >= 15 is 0 Å². The number of nitrogens with one attached hydrogen (secondary N) is 1. The van der Waals surface area contributed by atoms with Crippen molar-refractivity contribution in [1.29, 1.82) is 0 Å². The van der Waals surface area contributed by atoms with Gasteiger partial charge in [-0.2, -0.15) is 0 Å². The van der Waals surface area contributed by atoms with Crippen LogP contribution in [-0.2, 0) is 6.42 Å². The quantitative estimate of drug-likeness (QED) is 0.847. The minimum Gasteiger partial charge on any atom is -0.313 e. The predicted molar refractivity (Wildman–Crippen MR) is 77.0 cm³/mol. The van der Waals surface area contributed by atoms with E-state index in [1.165, 1.54) is 44.6 Å². The van der Waals surface area contributed by atoms with E-state index in [9.17, 15) is 4.39 Å². The van der Waals surface area contributed by atoms with Gasteiger partial charge in [0, 0.05) is 17.6 Å². The fraction of sp³-hybridized carbons (Fsp3) is 0.625. The third-order valence-electron chi connectivity index (χ3n) is 4.58. The van der Waals surface area contributed by atoms with E-state index in [1.54, 1.807) is 12.1 Å². The third kappa shape index (κ3) is 3.29. The zero-order valence-corrected chi connectivity index (χ0v) is 12.0. The van der Waals surface area contributed by atoms with Crippen LogP contribution < -0.4 is 5.32 Å². The maximum absolute atomic E-state index is 13.4. The highest BCUT2D eigenvalue weighted by atomic mass is 35.5. The second-order valence-electron chi connectivity index (χ2n) is 6.27. The summed E-state index contributed by atoms with van der Waals surface area (Å²) < 4.78 is 13.4. The van der Waals surface area contributed by atoms with Crippen molar-refractivity contribution in [3.63, 3.8) is 0 Å². The van der Waals surface area contributed by atoms with E-state index in [2.05, 4.69) is 5.32 Å². The SMILES string of the molecule is Fc1ccc(Cl)c(CC2(CNC3CC3)CCCC2)c1. The van der Waals surface area contributed by atoms with E-state index in [1.807, 2.05) is 0 Å². The summed E-state index contributed by atoms with van der Waals surface area (Å²) in [5, 5.41) is 4.36. The van der Waals surface area contributed by atoms with Crippen molar-refractivity contribution in [2.75, 3.05) is 6.54 Å². The molecule has 0 aliphatic heterocycles. The highest BCUT2D eigenvalue weighted by molar-refractivity contribution is 6.31. The maximum Gasteiger partial charge on any atom is 0.123 e. The molecule has 2 fully saturated rings. The first-order chi connectivity index (χ1) is 9.17. The molecular weight excluding hydrogens is 261 g/mol. The third-order valence-corrected chi connectivity index (χ3v) is 4.95. The van der Waals surface area contributed by atoms with Gasteiger partial charge in [-0.25, -0.2) is 4.39 Å². The largest absolute Gasteiger partial charge is 0.313 e. The molecule has 2 saturated carbocycles. The molecule has 104 valence electrons. The molecule has 2 aliphatic carbocycles. The molecule has 19 heavy (non-hydrogen) atoms. The van der Waals surface area contributed by atoms with Crippen LogP contribution in [0, 0.1) is 11.2 Å². The van der Waals surface area contributed by atoms with Crippen LogP contribution in [0.3, 0.4) is 0 Å². The Morgan fingerprint density at radius 2 is 2.00 bits per heavy atom. The van der Waals surface area contributed by atoms with Gasteiger partial charge in [0.05, 0.1) is 0 Å². The molecule has 0 spiro atoms. The van der Waals surface area contributed by atoms with E-state index in [4.69, 9.17) is 11.6 Å². The Kier molecular flexibility index (Phi) is 3.81. The molecule has 2 aliphatic rings. The van der Waals surface area contributed by atoms with Gasteiger partial charge in [-0.15, -0.1) is 0 Å². The molecule has 3 heteroatoms. The van der Waals surface area contributed by atoms with Crippen LogP contribution in [-0.4, -0.2) is 12.6 Å².